The molecule has 2 aliphatic heterocycles. The molecule has 2 aliphatic rings. The number of hydrogen-bond donors (Lipinski definition) is 0. The fraction of sp³-hybridized carbons (Fsp3) is 0.714. The van der Waals surface area contributed by atoms with Crippen molar-refractivity contribution in [1.29, 1.82) is 0 Å². The number of amides is 1. The van der Waals surface area contributed by atoms with Gasteiger partial charge in [-0.1, -0.05) is 0 Å². The summed E-state index contributed by atoms with van der Waals surface area (Å²) in [6.07, 6.45) is 4.39. The molecule has 0 spiro atoms. The second-order valence-electron chi connectivity index (χ2n) is 6.91. The van der Waals surface area contributed by atoms with Gasteiger partial charge < -0.3 is 14.2 Å². The third kappa shape index (κ3) is 2.28. The van der Waals surface area contributed by atoms with Crippen molar-refractivity contribution in [3.63, 3.8) is 0 Å². The summed E-state index contributed by atoms with van der Waals surface area (Å²) in [6, 6.07) is -0.203. The van der Waals surface area contributed by atoms with Crippen LogP contribution in [0.15, 0.2) is 12.4 Å². The van der Waals surface area contributed by atoms with Crippen molar-refractivity contribution in [3.8, 4) is 0 Å². The molecule has 0 saturated carbocycles. The smallest absolute Gasteiger partial charge is 0.399 e. The molecule has 1 aromatic heterocycles. The van der Waals surface area contributed by atoms with Crippen LogP contribution >= 0.6 is 0 Å². The van der Waals surface area contributed by atoms with Crippen LogP contribution in [0, 0.1) is 0 Å². The predicted octanol–water partition coefficient (Wildman–Crippen LogP) is 0.585. The summed E-state index contributed by atoms with van der Waals surface area (Å²) in [4.78, 5) is 13.8. The lowest BCUT2D eigenvalue weighted by molar-refractivity contribution is -0.129. The lowest BCUT2D eigenvalue weighted by atomic mass is 9.82. The van der Waals surface area contributed by atoms with Crippen LogP contribution < -0.4 is 5.46 Å². The molecule has 1 aromatic rings. The van der Waals surface area contributed by atoms with E-state index in [1.54, 1.807) is 15.8 Å². The molecule has 3 heterocycles. The number of likely N-dealkylation sites (tertiary alicyclic amines) is 1. The van der Waals surface area contributed by atoms with Crippen LogP contribution in [0.2, 0.25) is 0 Å². The van der Waals surface area contributed by atoms with Crippen LogP contribution in [-0.4, -0.2) is 52.5 Å². The second kappa shape index (κ2) is 4.58. The first-order valence-electron chi connectivity index (χ1n) is 7.36. The summed E-state index contributed by atoms with van der Waals surface area (Å²) in [5.41, 5.74) is 0.114. The quantitative estimate of drug-likeness (QED) is 0.748. The summed E-state index contributed by atoms with van der Waals surface area (Å²) < 4.78 is 13.7. The molecule has 114 valence electrons. The molecule has 1 atom stereocenters. The van der Waals surface area contributed by atoms with Gasteiger partial charge in [0.1, 0.15) is 6.04 Å². The number of rotatable bonds is 2. The minimum Gasteiger partial charge on any atom is -0.399 e. The Bertz CT molecular complexity index is 554. The molecule has 0 N–H and O–H groups in total. The van der Waals surface area contributed by atoms with Crippen LogP contribution in [0.1, 0.15) is 40.2 Å². The molecule has 7 heteroatoms. The molecule has 0 radical (unpaired) electrons. The van der Waals surface area contributed by atoms with Crippen molar-refractivity contribution in [2.45, 2.75) is 51.4 Å². The van der Waals surface area contributed by atoms with Crippen LogP contribution in [0.5, 0.6) is 0 Å². The van der Waals surface area contributed by atoms with Crippen molar-refractivity contribution in [2.24, 2.45) is 0 Å². The second-order valence-corrected chi connectivity index (χ2v) is 6.91. The molecular formula is C14H22BN3O3. The minimum atomic E-state index is -0.432. The molecule has 3 rings (SSSR count). The Morgan fingerprint density at radius 1 is 1.29 bits per heavy atom. The van der Waals surface area contributed by atoms with Gasteiger partial charge in [0.2, 0.25) is 5.91 Å². The number of hydrogen-bond acceptors (Lipinski definition) is 4. The first-order chi connectivity index (χ1) is 9.71. The van der Waals surface area contributed by atoms with Crippen molar-refractivity contribution in [2.75, 3.05) is 13.6 Å². The van der Waals surface area contributed by atoms with Gasteiger partial charge in [0, 0.05) is 31.4 Å². The van der Waals surface area contributed by atoms with E-state index in [1.807, 2.05) is 40.9 Å². The molecular weight excluding hydrogens is 269 g/mol. The number of carbonyl (C=O) groups is 1. The van der Waals surface area contributed by atoms with Gasteiger partial charge in [-0.25, -0.2) is 0 Å². The highest BCUT2D eigenvalue weighted by Crippen LogP contribution is 2.36. The Morgan fingerprint density at radius 3 is 2.43 bits per heavy atom. The molecule has 2 saturated heterocycles. The van der Waals surface area contributed by atoms with Gasteiger partial charge in [-0.15, -0.1) is 0 Å². The van der Waals surface area contributed by atoms with Crippen molar-refractivity contribution in [1.82, 2.24) is 14.7 Å². The number of aromatic nitrogens is 2. The van der Waals surface area contributed by atoms with E-state index in [9.17, 15) is 4.79 Å². The molecule has 6 nitrogen and oxygen atoms in total. The lowest BCUT2D eigenvalue weighted by Gasteiger charge is -2.32. The molecule has 0 bridgehead atoms. The first-order valence-corrected chi connectivity index (χ1v) is 7.36. The van der Waals surface area contributed by atoms with Crippen LogP contribution in [0.4, 0.5) is 0 Å². The van der Waals surface area contributed by atoms with Crippen LogP contribution in [0.25, 0.3) is 0 Å². The normalized spacial score (nSPS) is 27.7. The zero-order chi connectivity index (χ0) is 15.4. The van der Waals surface area contributed by atoms with Gasteiger partial charge >= 0.3 is 7.12 Å². The van der Waals surface area contributed by atoms with E-state index in [1.165, 1.54) is 0 Å². The molecule has 0 aromatic carbocycles. The van der Waals surface area contributed by atoms with E-state index in [-0.39, 0.29) is 23.2 Å². The van der Waals surface area contributed by atoms with Gasteiger partial charge in [0.05, 0.1) is 11.2 Å². The molecule has 21 heavy (non-hydrogen) atoms. The SMILES string of the molecule is CN1CCC(n2cc(B3OC(C)(C)C(C)(C)O3)cn2)C1=O. The van der Waals surface area contributed by atoms with E-state index in [0.717, 1.165) is 18.4 Å². The average Bonchev–Trinajstić information content (AvgIpc) is 3.01. The van der Waals surface area contributed by atoms with Crippen LogP contribution in [0.3, 0.4) is 0 Å². The van der Waals surface area contributed by atoms with E-state index in [0.29, 0.717) is 0 Å². The molecule has 1 unspecified atom stereocenters. The lowest BCUT2D eigenvalue weighted by Crippen LogP contribution is -2.41. The third-order valence-corrected chi connectivity index (χ3v) is 4.87. The van der Waals surface area contributed by atoms with E-state index >= 15 is 0 Å². The third-order valence-electron chi connectivity index (χ3n) is 4.87. The first kappa shape index (κ1) is 14.6. The minimum absolute atomic E-state index is 0.110. The summed E-state index contributed by atoms with van der Waals surface area (Å²) in [5, 5.41) is 4.33. The summed E-state index contributed by atoms with van der Waals surface area (Å²) >= 11 is 0. The molecule has 2 fully saturated rings. The molecule has 1 amide bonds. The zero-order valence-electron chi connectivity index (χ0n) is 13.3. The summed E-state index contributed by atoms with van der Waals surface area (Å²) in [5.74, 6) is 0.110. The number of likely N-dealkylation sites (N-methyl/N-ethyl adjacent to an activating group) is 1. The Morgan fingerprint density at radius 2 is 1.90 bits per heavy atom. The Balaban J connectivity index is 1.79. The Hall–Kier alpha value is -1.34. The van der Waals surface area contributed by atoms with Gasteiger partial charge in [-0.3, -0.25) is 9.48 Å². The van der Waals surface area contributed by atoms with E-state index in [4.69, 9.17) is 9.31 Å². The number of nitrogens with zero attached hydrogens (tertiary/aromatic N) is 3. The van der Waals surface area contributed by atoms with Crippen molar-refractivity contribution in [3.05, 3.63) is 12.4 Å². The Labute approximate surface area is 125 Å². The fourth-order valence-electron chi connectivity index (χ4n) is 2.67. The van der Waals surface area contributed by atoms with Crippen molar-refractivity contribution >= 4 is 18.5 Å². The Kier molecular flexibility index (Phi) is 3.18. The van der Waals surface area contributed by atoms with E-state index < -0.39 is 7.12 Å². The highest BCUT2D eigenvalue weighted by Gasteiger charge is 2.52. The number of carbonyl (C=O) groups excluding carboxylic acids is 1. The molecule has 0 aliphatic carbocycles. The highest BCUT2D eigenvalue weighted by molar-refractivity contribution is 6.62. The maximum atomic E-state index is 12.0. The van der Waals surface area contributed by atoms with Gasteiger partial charge in [0.25, 0.3) is 0 Å². The zero-order valence-corrected chi connectivity index (χ0v) is 13.3. The average molecular weight is 291 g/mol. The standard InChI is InChI=1S/C14H22BN3O3/c1-13(2)14(3,4)21-15(20-13)10-8-16-18(9-10)11-6-7-17(5)12(11)19/h8-9,11H,6-7H2,1-5H3. The van der Waals surface area contributed by atoms with Gasteiger partial charge in [0.15, 0.2) is 0 Å². The van der Waals surface area contributed by atoms with E-state index in [2.05, 4.69) is 5.10 Å². The topological polar surface area (TPSA) is 56.6 Å². The maximum absolute atomic E-state index is 12.0. The van der Waals surface area contributed by atoms with Gasteiger partial charge in [-0.05, 0) is 34.1 Å². The largest absolute Gasteiger partial charge is 0.498 e. The predicted molar refractivity (Wildman–Crippen MR) is 79.2 cm³/mol. The van der Waals surface area contributed by atoms with Gasteiger partial charge in [-0.2, -0.15) is 5.10 Å². The fourth-order valence-corrected chi connectivity index (χ4v) is 2.67. The van der Waals surface area contributed by atoms with Crippen molar-refractivity contribution < 1.29 is 14.1 Å². The monoisotopic (exact) mass is 291 g/mol. The maximum Gasteiger partial charge on any atom is 0.498 e. The summed E-state index contributed by atoms with van der Waals surface area (Å²) in [7, 11) is 1.39. The summed E-state index contributed by atoms with van der Waals surface area (Å²) in [6.45, 7) is 8.86. The highest BCUT2D eigenvalue weighted by atomic mass is 16.7. The van der Waals surface area contributed by atoms with Crippen LogP contribution in [-0.2, 0) is 14.1 Å².